The number of benzene rings is 2. The Morgan fingerprint density at radius 3 is 2.59 bits per heavy atom. The molecule has 3 rings (SSSR count). The van der Waals surface area contributed by atoms with E-state index >= 15 is 0 Å². The Hall–Kier alpha value is -3.59. The highest BCUT2D eigenvalue weighted by Gasteiger charge is 2.16. The van der Waals surface area contributed by atoms with Gasteiger partial charge in [-0.1, -0.05) is 11.6 Å². The predicted molar refractivity (Wildman–Crippen MR) is 104 cm³/mol. The van der Waals surface area contributed by atoms with Gasteiger partial charge in [-0.3, -0.25) is 24.3 Å². The molecule has 0 bridgehead atoms. The molecule has 3 aromatic rings. The van der Waals surface area contributed by atoms with Crippen molar-refractivity contribution < 1.29 is 14.1 Å². The molecule has 148 valence electrons. The van der Waals surface area contributed by atoms with Gasteiger partial charge in [0.1, 0.15) is 10.8 Å². The average Bonchev–Trinajstić information content (AvgIpc) is 2.69. The van der Waals surface area contributed by atoms with Gasteiger partial charge >= 0.3 is 0 Å². The molecular formula is C19H14ClFN4O4. The van der Waals surface area contributed by atoms with Gasteiger partial charge in [0.05, 0.1) is 16.9 Å². The summed E-state index contributed by atoms with van der Waals surface area (Å²) >= 11 is 5.73. The Morgan fingerprint density at radius 1 is 1.21 bits per heavy atom. The van der Waals surface area contributed by atoms with Crippen molar-refractivity contribution in [3.05, 3.63) is 91.7 Å². The average molecular weight is 417 g/mol. The van der Waals surface area contributed by atoms with Gasteiger partial charge in [-0.15, -0.1) is 0 Å². The normalized spacial score (nSPS) is 10.6. The maximum absolute atomic E-state index is 13.0. The van der Waals surface area contributed by atoms with Gasteiger partial charge in [0, 0.05) is 36.3 Å². The van der Waals surface area contributed by atoms with Crippen molar-refractivity contribution in [1.29, 1.82) is 0 Å². The van der Waals surface area contributed by atoms with Crippen LogP contribution >= 0.6 is 11.6 Å². The van der Waals surface area contributed by atoms with Gasteiger partial charge in [-0.25, -0.2) is 9.37 Å². The summed E-state index contributed by atoms with van der Waals surface area (Å²) in [6.45, 7) is 0.254. The maximum atomic E-state index is 13.0. The van der Waals surface area contributed by atoms with Crippen LogP contribution in [0.2, 0.25) is 5.02 Å². The van der Waals surface area contributed by atoms with Crippen LogP contribution in [0.5, 0.6) is 0 Å². The van der Waals surface area contributed by atoms with E-state index in [2.05, 4.69) is 10.3 Å². The van der Waals surface area contributed by atoms with Crippen LogP contribution in [0.15, 0.2) is 59.7 Å². The van der Waals surface area contributed by atoms with Crippen molar-refractivity contribution in [3.8, 4) is 11.3 Å². The van der Waals surface area contributed by atoms with Crippen molar-refractivity contribution in [2.45, 2.75) is 6.54 Å². The minimum Gasteiger partial charge on any atom is -0.350 e. The van der Waals surface area contributed by atoms with Gasteiger partial charge in [0.15, 0.2) is 0 Å². The van der Waals surface area contributed by atoms with Gasteiger partial charge in [-0.2, -0.15) is 0 Å². The number of aromatic nitrogens is 2. The standard InChI is InChI=1S/C19H14ClFN4O4/c20-15-6-3-13(9-17(15)25(28)29)19(27)22-7-8-24-11-23-16(10-18(24)26)12-1-4-14(21)5-2-12/h1-6,9-11H,7-8H2,(H,22,27). The Morgan fingerprint density at radius 2 is 1.93 bits per heavy atom. The first-order chi connectivity index (χ1) is 13.8. The summed E-state index contributed by atoms with van der Waals surface area (Å²) in [6.07, 6.45) is 1.33. The summed E-state index contributed by atoms with van der Waals surface area (Å²) in [7, 11) is 0. The van der Waals surface area contributed by atoms with E-state index in [1.807, 2.05) is 0 Å². The molecule has 1 N–H and O–H groups in total. The summed E-state index contributed by atoms with van der Waals surface area (Å²) in [5.74, 6) is -0.919. The minimum atomic E-state index is -0.674. The molecule has 1 heterocycles. The molecule has 0 saturated heterocycles. The Balaban J connectivity index is 1.64. The second kappa shape index (κ2) is 8.61. The first-order valence-electron chi connectivity index (χ1n) is 8.40. The van der Waals surface area contributed by atoms with E-state index in [1.165, 1.54) is 53.4 Å². The van der Waals surface area contributed by atoms with E-state index in [9.17, 15) is 24.1 Å². The number of hydrogen-bond acceptors (Lipinski definition) is 5. The van der Waals surface area contributed by atoms with E-state index in [-0.39, 0.29) is 40.7 Å². The summed E-state index contributed by atoms with van der Waals surface area (Å²) in [6, 6.07) is 10.6. The molecule has 0 unspecified atom stereocenters. The van der Waals surface area contributed by atoms with Crippen molar-refractivity contribution in [2.24, 2.45) is 0 Å². The quantitative estimate of drug-likeness (QED) is 0.491. The highest BCUT2D eigenvalue weighted by atomic mass is 35.5. The highest BCUT2D eigenvalue weighted by molar-refractivity contribution is 6.32. The van der Waals surface area contributed by atoms with Gasteiger partial charge < -0.3 is 5.32 Å². The third-order valence-corrected chi connectivity index (χ3v) is 4.38. The fraction of sp³-hybridized carbons (Fsp3) is 0.105. The van der Waals surface area contributed by atoms with Crippen LogP contribution < -0.4 is 10.9 Å². The number of halogens is 2. The van der Waals surface area contributed by atoms with Crippen LogP contribution in [0.4, 0.5) is 10.1 Å². The lowest BCUT2D eigenvalue weighted by Crippen LogP contribution is -2.30. The lowest BCUT2D eigenvalue weighted by molar-refractivity contribution is -0.384. The summed E-state index contributed by atoms with van der Waals surface area (Å²) in [5.41, 5.74) is 0.391. The van der Waals surface area contributed by atoms with E-state index in [4.69, 9.17) is 11.6 Å². The number of nitro benzene ring substituents is 1. The SMILES string of the molecule is O=C(NCCn1cnc(-c2ccc(F)cc2)cc1=O)c1ccc(Cl)c([N+](=O)[O-])c1. The number of carbonyl (C=O) groups excluding carboxylic acids is 1. The zero-order valence-electron chi connectivity index (χ0n) is 14.8. The molecule has 0 aliphatic heterocycles. The lowest BCUT2D eigenvalue weighted by Gasteiger charge is -2.08. The zero-order valence-corrected chi connectivity index (χ0v) is 15.6. The van der Waals surface area contributed by atoms with Crippen molar-refractivity contribution in [3.63, 3.8) is 0 Å². The molecule has 0 radical (unpaired) electrons. The number of carbonyl (C=O) groups is 1. The number of hydrogen-bond donors (Lipinski definition) is 1. The van der Waals surface area contributed by atoms with Crippen LogP contribution in [-0.2, 0) is 6.54 Å². The van der Waals surface area contributed by atoms with Crippen LogP contribution in [0.3, 0.4) is 0 Å². The highest BCUT2D eigenvalue weighted by Crippen LogP contribution is 2.25. The van der Waals surface area contributed by atoms with E-state index in [0.29, 0.717) is 11.3 Å². The van der Waals surface area contributed by atoms with Crippen LogP contribution in [0.25, 0.3) is 11.3 Å². The minimum absolute atomic E-state index is 0.0644. The Kier molecular flexibility index (Phi) is 5.99. The first-order valence-corrected chi connectivity index (χ1v) is 8.77. The molecule has 1 amide bonds. The smallest absolute Gasteiger partial charge is 0.288 e. The fourth-order valence-corrected chi connectivity index (χ4v) is 2.74. The Labute approximate surface area is 168 Å². The zero-order chi connectivity index (χ0) is 21.0. The Bertz CT molecular complexity index is 1130. The number of rotatable bonds is 6. The largest absolute Gasteiger partial charge is 0.350 e. The summed E-state index contributed by atoms with van der Waals surface area (Å²) in [4.78, 5) is 38.8. The second-order valence-electron chi connectivity index (χ2n) is 5.99. The molecule has 0 aliphatic carbocycles. The van der Waals surface area contributed by atoms with E-state index < -0.39 is 10.8 Å². The summed E-state index contributed by atoms with van der Waals surface area (Å²) < 4.78 is 14.3. The number of nitrogens with one attached hydrogen (secondary N) is 1. The van der Waals surface area contributed by atoms with Crippen LogP contribution in [0, 0.1) is 15.9 Å². The number of nitro groups is 1. The molecule has 29 heavy (non-hydrogen) atoms. The monoisotopic (exact) mass is 416 g/mol. The van der Waals surface area contributed by atoms with Gasteiger partial charge in [0.2, 0.25) is 0 Å². The molecule has 1 aromatic heterocycles. The topological polar surface area (TPSA) is 107 Å². The van der Waals surface area contributed by atoms with Gasteiger partial charge in [0.25, 0.3) is 17.2 Å². The van der Waals surface area contributed by atoms with Crippen molar-refractivity contribution in [2.75, 3.05) is 6.54 Å². The molecule has 0 aliphatic rings. The van der Waals surface area contributed by atoms with Crippen molar-refractivity contribution >= 4 is 23.2 Å². The number of amides is 1. The summed E-state index contributed by atoms with van der Waals surface area (Å²) in [5, 5.41) is 13.4. The second-order valence-corrected chi connectivity index (χ2v) is 6.40. The van der Waals surface area contributed by atoms with Crippen LogP contribution in [-0.4, -0.2) is 26.9 Å². The third-order valence-electron chi connectivity index (χ3n) is 4.06. The van der Waals surface area contributed by atoms with Crippen LogP contribution in [0.1, 0.15) is 10.4 Å². The fourth-order valence-electron chi connectivity index (χ4n) is 2.56. The molecule has 0 atom stereocenters. The number of nitrogens with zero attached hydrogens (tertiary/aromatic N) is 3. The lowest BCUT2D eigenvalue weighted by atomic mass is 10.1. The molecule has 10 heteroatoms. The maximum Gasteiger partial charge on any atom is 0.288 e. The first kappa shape index (κ1) is 20.2. The van der Waals surface area contributed by atoms with E-state index in [0.717, 1.165) is 6.07 Å². The molecule has 8 nitrogen and oxygen atoms in total. The molecule has 0 fully saturated rings. The molecule has 0 saturated carbocycles. The van der Waals surface area contributed by atoms with Crippen molar-refractivity contribution in [1.82, 2.24) is 14.9 Å². The third kappa shape index (κ3) is 4.82. The molecule has 2 aromatic carbocycles. The molecule has 0 spiro atoms. The predicted octanol–water partition coefficient (Wildman–Crippen LogP) is 3.04. The molecular weight excluding hydrogens is 403 g/mol. The van der Waals surface area contributed by atoms with Gasteiger partial charge in [-0.05, 0) is 36.4 Å². The van der Waals surface area contributed by atoms with E-state index in [1.54, 1.807) is 0 Å².